The summed E-state index contributed by atoms with van der Waals surface area (Å²) in [5.74, 6) is 1.39. The highest BCUT2D eigenvalue weighted by Gasteiger charge is 2.16. The topological polar surface area (TPSA) is 59.6 Å². The van der Waals surface area contributed by atoms with Crippen molar-refractivity contribution in [2.24, 2.45) is 16.6 Å². The van der Waals surface area contributed by atoms with E-state index in [9.17, 15) is 0 Å². The molecule has 0 aromatic rings. The molecule has 2 fully saturated rings. The van der Waals surface area contributed by atoms with Crippen LogP contribution < -0.4 is 11.1 Å². The number of rotatable bonds is 7. The average molecular weight is 395 g/mol. The SMILES string of the molecule is I.NC(=NCC1CCC1)NCCCOC1CCCCC1. The van der Waals surface area contributed by atoms with Gasteiger partial charge in [0.1, 0.15) is 0 Å². The zero-order chi connectivity index (χ0) is 13.3. The summed E-state index contributed by atoms with van der Waals surface area (Å²) in [6, 6.07) is 0. The first-order valence-corrected chi connectivity index (χ1v) is 8.00. The van der Waals surface area contributed by atoms with Crippen LogP contribution in [0.5, 0.6) is 0 Å². The van der Waals surface area contributed by atoms with E-state index < -0.39 is 0 Å². The molecule has 0 aromatic heterocycles. The maximum atomic E-state index is 5.87. The van der Waals surface area contributed by atoms with Gasteiger partial charge in [-0.25, -0.2) is 0 Å². The number of halogens is 1. The molecule has 0 bridgehead atoms. The van der Waals surface area contributed by atoms with Gasteiger partial charge in [0, 0.05) is 19.7 Å². The van der Waals surface area contributed by atoms with Crippen LogP contribution in [0.1, 0.15) is 57.8 Å². The predicted octanol–water partition coefficient (Wildman–Crippen LogP) is 3.05. The normalized spacial score (nSPS) is 21.1. The lowest BCUT2D eigenvalue weighted by atomic mass is 9.86. The van der Waals surface area contributed by atoms with Crippen molar-refractivity contribution in [1.29, 1.82) is 0 Å². The van der Waals surface area contributed by atoms with Gasteiger partial charge in [0.2, 0.25) is 0 Å². The van der Waals surface area contributed by atoms with Crippen LogP contribution in [0.25, 0.3) is 0 Å². The van der Waals surface area contributed by atoms with Crippen molar-refractivity contribution < 1.29 is 4.74 Å². The Bertz CT molecular complexity index is 276. The van der Waals surface area contributed by atoms with E-state index in [1.54, 1.807) is 0 Å². The Balaban J connectivity index is 0.00000200. The number of nitrogens with two attached hydrogens (primary N) is 1. The maximum Gasteiger partial charge on any atom is 0.188 e. The Labute approximate surface area is 140 Å². The summed E-state index contributed by atoms with van der Waals surface area (Å²) in [5.41, 5.74) is 5.82. The van der Waals surface area contributed by atoms with Crippen LogP contribution in [-0.4, -0.2) is 31.8 Å². The van der Waals surface area contributed by atoms with E-state index in [4.69, 9.17) is 10.5 Å². The van der Waals surface area contributed by atoms with Crippen LogP contribution in [0.2, 0.25) is 0 Å². The van der Waals surface area contributed by atoms with Crippen molar-refractivity contribution in [1.82, 2.24) is 5.32 Å². The Hall–Kier alpha value is -0.0400. The third-order valence-electron chi connectivity index (χ3n) is 4.28. The number of nitrogens with zero attached hydrogens (tertiary/aromatic N) is 1. The van der Waals surface area contributed by atoms with Gasteiger partial charge in [-0.2, -0.15) is 0 Å². The minimum absolute atomic E-state index is 0. The van der Waals surface area contributed by atoms with Crippen molar-refractivity contribution >= 4 is 29.9 Å². The van der Waals surface area contributed by atoms with Gasteiger partial charge in [0.25, 0.3) is 0 Å². The first-order valence-electron chi connectivity index (χ1n) is 8.00. The van der Waals surface area contributed by atoms with Gasteiger partial charge in [-0.1, -0.05) is 25.7 Å². The maximum absolute atomic E-state index is 5.87. The molecule has 0 aromatic carbocycles. The standard InChI is InChI=1S/C15H29N3O.HI/c16-15(18-12-13-6-4-7-13)17-10-5-11-19-14-8-2-1-3-9-14;/h13-14H,1-12H2,(H3,16,17,18);1H. The summed E-state index contributed by atoms with van der Waals surface area (Å²) in [7, 11) is 0. The molecule has 2 aliphatic rings. The Morgan fingerprint density at radius 3 is 2.50 bits per heavy atom. The highest BCUT2D eigenvalue weighted by molar-refractivity contribution is 14.0. The highest BCUT2D eigenvalue weighted by Crippen LogP contribution is 2.26. The lowest BCUT2D eigenvalue weighted by Gasteiger charge is -2.23. The van der Waals surface area contributed by atoms with E-state index in [1.165, 1.54) is 51.4 Å². The molecule has 0 aliphatic heterocycles. The van der Waals surface area contributed by atoms with Crippen molar-refractivity contribution in [3.8, 4) is 0 Å². The van der Waals surface area contributed by atoms with Gasteiger partial charge in [-0.05, 0) is 38.0 Å². The second-order valence-electron chi connectivity index (χ2n) is 5.93. The average Bonchev–Trinajstić information content (AvgIpc) is 2.38. The van der Waals surface area contributed by atoms with Crippen molar-refractivity contribution in [2.45, 2.75) is 63.9 Å². The van der Waals surface area contributed by atoms with Gasteiger partial charge < -0.3 is 15.8 Å². The van der Waals surface area contributed by atoms with Crippen LogP contribution in [0.15, 0.2) is 4.99 Å². The number of hydrogen-bond donors (Lipinski definition) is 2. The molecule has 2 saturated carbocycles. The molecule has 0 radical (unpaired) electrons. The smallest absolute Gasteiger partial charge is 0.188 e. The largest absolute Gasteiger partial charge is 0.378 e. The van der Waals surface area contributed by atoms with Crippen LogP contribution in [0, 0.1) is 5.92 Å². The highest BCUT2D eigenvalue weighted by atomic mass is 127. The van der Waals surface area contributed by atoms with Crippen LogP contribution >= 0.6 is 24.0 Å². The van der Waals surface area contributed by atoms with Crippen LogP contribution in [0.4, 0.5) is 0 Å². The summed E-state index contributed by atoms with van der Waals surface area (Å²) in [6.45, 7) is 2.61. The molecule has 118 valence electrons. The van der Waals surface area contributed by atoms with Gasteiger partial charge in [0.15, 0.2) is 5.96 Å². The molecular formula is C15H30IN3O. The van der Waals surface area contributed by atoms with E-state index in [1.807, 2.05) is 0 Å². The van der Waals surface area contributed by atoms with Gasteiger partial charge in [-0.15, -0.1) is 24.0 Å². The monoisotopic (exact) mass is 395 g/mol. The number of nitrogens with one attached hydrogen (secondary N) is 1. The molecule has 20 heavy (non-hydrogen) atoms. The van der Waals surface area contributed by atoms with Crippen LogP contribution in [-0.2, 0) is 4.74 Å². The van der Waals surface area contributed by atoms with Gasteiger partial charge >= 0.3 is 0 Å². The van der Waals surface area contributed by atoms with Crippen molar-refractivity contribution in [3.05, 3.63) is 0 Å². The fourth-order valence-electron chi connectivity index (χ4n) is 2.73. The zero-order valence-electron chi connectivity index (χ0n) is 12.5. The molecule has 0 unspecified atom stereocenters. The lowest BCUT2D eigenvalue weighted by molar-refractivity contribution is 0.0277. The first kappa shape index (κ1) is 18.0. The molecule has 0 spiro atoms. The van der Waals surface area contributed by atoms with E-state index in [0.29, 0.717) is 12.1 Å². The molecule has 2 aliphatic carbocycles. The summed E-state index contributed by atoms with van der Waals surface area (Å²) >= 11 is 0. The molecule has 4 nitrogen and oxygen atoms in total. The Kier molecular flexibility index (Phi) is 9.59. The summed E-state index contributed by atoms with van der Waals surface area (Å²) in [6.07, 6.45) is 12.1. The van der Waals surface area contributed by atoms with Crippen molar-refractivity contribution in [2.75, 3.05) is 19.7 Å². The van der Waals surface area contributed by atoms with E-state index in [2.05, 4.69) is 10.3 Å². The minimum atomic E-state index is 0. The quantitative estimate of drug-likeness (QED) is 0.302. The predicted molar refractivity (Wildman–Crippen MR) is 94.7 cm³/mol. The van der Waals surface area contributed by atoms with Gasteiger partial charge in [-0.3, -0.25) is 4.99 Å². The lowest BCUT2D eigenvalue weighted by Crippen LogP contribution is -2.34. The fourth-order valence-corrected chi connectivity index (χ4v) is 2.73. The number of ether oxygens (including phenoxy) is 1. The zero-order valence-corrected chi connectivity index (χ0v) is 14.8. The second-order valence-corrected chi connectivity index (χ2v) is 5.93. The molecule has 3 N–H and O–H groups in total. The Morgan fingerprint density at radius 2 is 1.85 bits per heavy atom. The summed E-state index contributed by atoms with van der Waals surface area (Å²) in [5, 5.41) is 3.17. The molecule has 0 amide bonds. The van der Waals surface area contributed by atoms with Crippen LogP contribution in [0.3, 0.4) is 0 Å². The first-order chi connectivity index (χ1) is 9.34. The van der Waals surface area contributed by atoms with E-state index in [-0.39, 0.29) is 24.0 Å². The third kappa shape index (κ3) is 7.11. The molecule has 0 atom stereocenters. The summed E-state index contributed by atoms with van der Waals surface area (Å²) in [4.78, 5) is 4.38. The second kappa shape index (κ2) is 10.7. The van der Waals surface area contributed by atoms with E-state index >= 15 is 0 Å². The molecule has 2 rings (SSSR count). The Morgan fingerprint density at radius 1 is 1.10 bits per heavy atom. The molecule has 5 heteroatoms. The fraction of sp³-hybridized carbons (Fsp3) is 0.933. The number of hydrogen-bond acceptors (Lipinski definition) is 2. The number of aliphatic imine (C=N–C) groups is 1. The molecule has 0 heterocycles. The van der Waals surface area contributed by atoms with Crippen molar-refractivity contribution in [3.63, 3.8) is 0 Å². The van der Waals surface area contributed by atoms with E-state index in [0.717, 1.165) is 32.0 Å². The molecule has 0 saturated heterocycles. The minimum Gasteiger partial charge on any atom is -0.378 e. The van der Waals surface area contributed by atoms with Gasteiger partial charge in [0.05, 0.1) is 6.10 Å². The third-order valence-corrected chi connectivity index (χ3v) is 4.28. The number of guanidine groups is 1. The molecular weight excluding hydrogens is 365 g/mol. The summed E-state index contributed by atoms with van der Waals surface area (Å²) < 4.78 is 5.87.